The Labute approximate surface area is 150 Å². The van der Waals surface area contributed by atoms with Crippen molar-refractivity contribution in [3.8, 4) is 10.6 Å². The number of thiophene rings is 1. The fourth-order valence-electron chi connectivity index (χ4n) is 2.03. The van der Waals surface area contributed by atoms with Crippen molar-refractivity contribution in [3.63, 3.8) is 0 Å². The number of hydrogen-bond acceptors (Lipinski definition) is 4. The number of amides is 1. The van der Waals surface area contributed by atoms with Crippen LogP contribution in [0.3, 0.4) is 0 Å². The molecule has 1 aromatic carbocycles. The van der Waals surface area contributed by atoms with E-state index >= 15 is 0 Å². The summed E-state index contributed by atoms with van der Waals surface area (Å²) in [5, 5.41) is 9.97. The summed E-state index contributed by atoms with van der Waals surface area (Å²) in [5.74, 6) is -0.0357. The molecule has 112 valence electrons. The highest BCUT2D eigenvalue weighted by Gasteiger charge is 2.10. The number of thiazole rings is 1. The molecule has 3 rings (SSSR count). The van der Waals surface area contributed by atoms with Gasteiger partial charge in [-0.15, -0.1) is 11.3 Å². The van der Waals surface area contributed by atoms with Gasteiger partial charge in [-0.1, -0.05) is 0 Å². The molecule has 1 N–H and O–H groups in total. The predicted octanol–water partition coefficient (Wildman–Crippen LogP) is 4.97. The minimum atomic E-state index is -0.0357. The highest BCUT2D eigenvalue weighted by Crippen LogP contribution is 2.26. The van der Waals surface area contributed by atoms with Crippen LogP contribution in [-0.4, -0.2) is 10.9 Å². The minimum Gasteiger partial charge on any atom is -0.326 e. The second-order valence-electron chi connectivity index (χ2n) is 4.84. The summed E-state index contributed by atoms with van der Waals surface area (Å²) < 4.78 is 1.16. The van der Waals surface area contributed by atoms with Gasteiger partial charge in [0.25, 0.3) is 0 Å². The fraction of sp³-hybridized carbons (Fsp3) is 0.125. The lowest BCUT2D eigenvalue weighted by Gasteiger charge is -2.07. The lowest BCUT2D eigenvalue weighted by atomic mass is 10.2. The van der Waals surface area contributed by atoms with Gasteiger partial charge in [-0.2, -0.15) is 11.3 Å². The topological polar surface area (TPSA) is 42.0 Å². The number of halogens is 1. The van der Waals surface area contributed by atoms with Crippen molar-refractivity contribution in [2.75, 3.05) is 5.32 Å². The summed E-state index contributed by atoms with van der Waals surface area (Å²) in [6.45, 7) is 2.00. The molecule has 0 unspecified atom stereocenters. The minimum absolute atomic E-state index is 0.0357. The second kappa shape index (κ2) is 6.89. The maximum absolute atomic E-state index is 12.2. The van der Waals surface area contributed by atoms with Crippen LogP contribution in [0, 0.1) is 10.5 Å². The van der Waals surface area contributed by atoms with E-state index in [0.717, 1.165) is 31.1 Å². The first-order chi connectivity index (χ1) is 10.6. The van der Waals surface area contributed by atoms with E-state index in [9.17, 15) is 4.79 Å². The largest absolute Gasteiger partial charge is 0.326 e. The van der Waals surface area contributed by atoms with Gasteiger partial charge in [-0.25, -0.2) is 4.98 Å². The average Bonchev–Trinajstić information content (AvgIpc) is 3.12. The van der Waals surface area contributed by atoms with Crippen LogP contribution in [0.15, 0.2) is 40.4 Å². The number of aromatic nitrogens is 1. The van der Waals surface area contributed by atoms with Gasteiger partial charge in [0.2, 0.25) is 5.91 Å². The van der Waals surface area contributed by atoms with E-state index in [0.29, 0.717) is 6.42 Å². The Morgan fingerprint density at radius 1 is 1.32 bits per heavy atom. The quantitative estimate of drug-likeness (QED) is 0.583. The van der Waals surface area contributed by atoms with Gasteiger partial charge in [0.1, 0.15) is 5.01 Å². The average molecular weight is 440 g/mol. The number of nitrogens with one attached hydrogen (secondary N) is 1. The van der Waals surface area contributed by atoms with Crippen LogP contribution < -0.4 is 5.32 Å². The number of benzene rings is 1. The number of nitrogens with zero attached hydrogens (tertiary/aromatic N) is 1. The van der Waals surface area contributed by atoms with Crippen LogP contribution in [0.5, 0.6) is 0 Å². The van der Waals surface area contributed by atoms with Crippen molar-refractivity contribution in [3.05, 3.63) is 55.2 Å². The lowest BCUT2D eigenvalue weighted by molar-refractivity contribution is -0.115. The zero-order chi connectivity index (χ0) is 15.5. The lowest BCUT2D eigenvalue weighted by Crippen LogP contribution is -2.15. The van der Waals surface area contributed by atoms with Gasteiger partial charge in [-0.3, -0.25) is 4.79 Å². The molecule has 0 bridgehead atoms. The van der Waals surface area contributed by atoms with Crippen molar-refractivity contribution in [1.82, 2.24) is 4.98 Å². The molecular weight excluding hydrogens is 427 g/mol. The summed E-state index contributed by atoms with van der Waals surface area (Å²) in [4.78, 5) is 16.7. The molecule has 0 saturated heterocycles. The first-order valence-corrected chi connectivity index (χ1v) is 9.55. The van der Waals surface area contributed by atoms with Gasteiger partial charge in [0.05, 0.1) is 12.1 Å². The van der Waals surface area contributed by atoms with Crippen LogP contribution in [0.2, 0.25) is 0 Å². The number of carbonyl (C=O) groups excluding carboxylic acids is 1. The SMILES string of the molecule is Cc1cc(I)ccc1NC(=O)Cc1csc(-c2ccsc2)n1. The highest BCUT2D eigenvalue weighted by molar-refractivity contribution is 14.1. The molecule has 0 aliphatic rings. The Morgan fingerprint density at radius 2 is 2.18 bits per heavy atom. The zero-order valence-corrected chi connectivity index (χ0v) is 15.6. The molecular formula is C16H13IN2OS2. The van der Waals surface area contributed by atoms with Gasteiger partial charge in [0, 0.05) is 25.6 Å². The molecule has 0 radical (unpaired) electrons. The molecule has 3 nitrogen and oxygen atoms in total. The molecule has 0 aliphatic carbocycles. The van der Waals surface area contributed by atoms with Crippen molar-refractivity contribution in [2.45, 2.75) is 13.3 Å². The molecule has 1 amide bonds. The van der Waals surface area contributed by atoms with Gasteiger partial charge in [-0.05, 0) is 64.7 Å². The van der Waals surface area contributed by atoms with Crippen LogP contribution in [0.1, 0.15) is 11.3 Å². The number of carbonyl (C=O) groups is 1. The standard InChI is InChI=1S/C16H13IN2OS2/c1-10-6-12(17)2-3-14(10)19-15(20)7-13-9-22-16(18-13)11-4-5-21-8-11/h2-6,8-9H,7H2,1H3,(H,19,20). The van der Waals surface area contributed by atoms with E-state index in [4.69, 9.17) is 0 Å². The number of aryl methyl sites for hydroxylation is 1. The van der Waals surface area contributed by atoms with E-state index < -0.39 is 0 Å². The van der Waals surface area contributed by atoms with E-state index in [1.165, 1.54) is 0 Å². The Hall–Kier alpha value is -1.25. The van der Waals surface area contributed by atoms with E-state index in [1.807, 2.05) is 41.9 Å². The van der Waals surface area contributed by atoms with Crippen LogP contribution >= 0.6 is 45.3 Å². The Balaban J connectivity index is 1.67. The second-order valence-corrected chi connectivity index (χ2v) is 7.72. The van der Waals surface area contributed by atoms with E-state index in [1.54, 1.807) is 22.7 Å². The third-order valence-corrected chi connectivity index (χ3v) is 5.42. The molecule has 2 aromatic heterocycles. The van der Waals surface area contributed by atoms with Crippen LogP contribution in [-0.2, 0) is 11.2 Å². The monoisotopic (exact) mass is 440 g/mol. The summed E-state index contributed by atoms with van der Waals surface area (Å²) in [7, 11) is 0. The number of anilines is 1. The summed E-state index contributed by atoms with van der Waals surface area (Å²) >= 11 is 5.49. The van der Waals surface area contributed by atoms with Crippen molar-refractivity contribution < 1.29 is 4.79 Å². The molecule has 0 saturated carbocycles. The molecule has 2 heterocycles. The summed E-state index contributed by atoms with van der Waals surface area (Å²) in [6.07, 6.45) is 0.298. The molecule has 6 heteroatoms. The molecule has 0 atom stereocenters. The molecule has 0 fully saturated rings. The smallest absolute Gasteiger partial charge is 0.230 e. The Kier molecular flexibility index (Phi) is 4.90. The van der Waals surface area contributed by atoms with Crippen LogP contribution in [0.25, 0.3) is 10.6 Å². The highest BCUT2D eigenvalue weighted by atomic mass is 127. The van der Waals surface area contributed by atoms with Gasteiger partial charge < -0.3 is 5.32 Å². The zero-order valence-electron chi connectivity index (χ0n) is 11.8. The van der Waals surface area contributed by atoms with Gasteiger partial charge in [0.15, 0.2) is 0 Å². The molecule has 0 aliphatic heterocycles. The van der Waals surface area contributed by atoms with Crippen molar-refractivity contribution in [1.29, 1.82) is 0 Å². The van der Waals surface area contributed by atoms with Crippen molar-refractivity contribution >= 4 is 56.9 Å². The molecule has 22 heavy (non-hydrogen) atoms. The number of hydrogen-bond donors (Lipinski definition) is 1. The normalized spacial score (nSPS) is 10.6. The first kappa shape index (κ1) is 15.6. The fourth-order valence-corrected chi connectivity index (χ4v) is 4.21. The van der Waals surface area contributed by atoms with Crippen LogP contribution in [0.4, 0.5) is 5.69 Å². The van der Waals surface area contributed by atoms with Crippen molar-refractivity contribution in [2.24, 2.45) is 0 Å². The van der Waals surface area contributed by atoms with E-state index in [2.05, 4.69) is 38.3 Å². The predicted molar refractivity (Wildman–Crippen MR) is 102 cm³/mol. The summed E-state index contributed by atoms with van der Waals surface area (Å²) in [6, 6.07) is 8.02. The maximum atomic E-state index is 12.2. The third kappa shape index (κ3) is 3.74. The van der Waals surface area contributed by atoms with Gasteiger partial charge >= 0.3 is 0 Å². The Morgan fingerprint density at radius 3 is 2.91 bits per heavy atom. The summed E-state index contributed by atoms with van der Waals surface area (Å²) in [5.41, 5.74) is 3.86. The number of rotatable bonds is 4. The van der Waals surface area contributed by atoms with E-state index in [-0.39, 0.29) is 5.91 Å². The first-order valence-electron chi connectivity index (χ1n) is 6.65. The Bertz CT molecular complexity index is 796. The third-order valence-electron chi connectivity index (χ3n) is 3.12. The molecule has 0 spiro atoms. The molecule has 3 aromatic rings. The maximum Gasteiger partial charge on any atom is 0.230 e.